The highest BCUT2D eigenvalue weighted by Crippen LogP contribution is 2.18. The number of nitrogens with zero attached hydrogens (tertiary/aromatic N) is 1. The average molecular weight is 242 g/mol. The van der Waals surface area contributed by atoms with E-state index in [-0.39, 0.29) is 5.91 Å². The molecule has 2 N–H and O–H groups in total. The Morgan fingerprint density at radius 3 is 2.65 bits per heavy atom. The van der Waals surface area contributed by atoms with Gasteiger partial charge in [-0.2, -0.15) is 0 Å². The summed E-state index contributed by atoms with van der Waals surface area (Å²) in [4.78, 5) is 24.8. The molecule has 1 saturated heterocycles. The maximum absolute atomic E-state index is 11.7. The van der Waals surface area contributed by atoms with Crippen molar-refractivity contribution in [3.05, 3.63) is 0 Å². The summed E-state index contributed by atoms with van der Waals surface area (Å²) in [5.74, 6) is -0.831. The Morgan fingerprint density at radius 1 is 1.47 bits per heavy atom. The van der Waals surface area contributed by atoms with Gasteiger partial charge < -0.3 is 15.3 Å². The lowest BCUT2D eigenvalue weighted by molar-refractivity contribution is -0.146. The largest absolute Gasteiger partial charge is 0.480 e. The lowest BCUT2D eigenvalue weighted by Gasteiger charge is -2.30. The van der Waals surface area contributed by atoms with E-state index >= 15 is 0 Å². The van der Waals surface area contributed by atoms with Crippen molar-refractivity contribution < 1.29 is 14.7 Å². The Balaban J connectivity index is 2.41. The molecule has 0 aromatic rings. The van der Waals surface area contributed by atoms with Gasteiger partial charge in [0, 0.05) is 13.0 Å². The fourth-order valence-corrected chi connectivity index (χ4v) is 2.16. The molecule has 1 unspecified atom stereocenters. The lowest BCUT2D eigenvalue weighted by atomic mass is 9.94. The van der Waals surface area contributed by atoms with Crippen molar-refractivity contribution in [2.75, 3.05) is 20.1 Å². The Bertz CT molecular complexity index is 302. The fourth-order valence-electron chi connectivity index (χ4n) is 2.16. The summed E-state index contributed by atoms with van der Waals surface area (Å²) in [6.45, 7) is 5.00. The van der Waals surface area contributed by atoms with Crippen molar-refractivity contribution in [3.8, 4) is 0 Å². The van der Waals surface area contributed by atoms with E-state index in [2.05, 4.69) is 10.2 Å². The van der Waals surface area contributed by atoms with Crippen LogP contribution >= 0.6 is 0 Å². The number of hydrogen-bond acceptors (Lipinski definition) is 3. The first-order valence-corrected chi connectivity index (χ1v) is 6.04. The monoisotopic (exact) mass is 242 g/mol. The van der Waals surface area contributed by atoms with Crippen LogP contribution in [0.4, 0.5) is 0 Å². The second-order valence-corrected chi connectivity index (χ2v) is 5.45. The number of rotatable bonds is 4. The smallest absolute Gasteiger partial charge is 0.328 e. The second kappa shape index (κ2) is 5.49. The van der Waals surface area contributed by atoms with Crippen LogP contribution in [0.5, 0.6) is 0 Å². The van der Waals surface area contributed by atoms with Crippen molar-refractivity contribution in [3.63, 3.8) is 0 Å². The number of nitrogens with one attached hydrogen (secondary N) is 1. The molecule has 0 spiro atoms. The maximum atomic E-state index is 11.7. The molecule has 0 aromatic heterocycles. The van der Waals surface area contributed by atoms with Gasteiger partial charge in [0.25, 0.3) is 0 Å². The molecular weight excluding hydrogens is 220 g/mol. The number of piperidine rings is 1. The highest BCUT2D eigenvalue weighted by Gasteiger charge is 2.30. The first-order valence-electron chi connectivity index (χ1n) is 6.04. The fraction of sp³-hybridized carbons (Fsp3) is 0.833. The summed E-state index contributed by atoms with van der Waals surface area (Å²) < 4.78 is 0. The first-order chi connectivity index (χ1) is 7.81. The van der Waals surface area contributed by atoms with Gasteiger partial charge in [-0.3, -0.25) is 4.79 Å². The predicted octanol–water partition coefficient (Wildman–Crippen LogP) is 0.698. The van der Waals surface area contributed by atoms with Gasteiger partial charge in [-0.1, -0.05) is 0 Å². The van der Waals surface area contributed by atoms with Gasteiger partial charge in [-0.15, -0.1) is 0 Å². The Hall–Kier alpha value is -1.10. The molecular formula is C12H22N2O3. The summed E-state index contributed by atoms with van der Waals surface area (Å²) in [6, 6.07) is 0. The van der Waals surface area contributed by atoms with Crippen molar-refractivity contribution in [1.29, 1.82) is 0 Å². The Labute approximate surface area is 102 Å². The van der Waals surface area contributed by atoms with E-state index in [0.29, 0.717) is 12.3 Å². The minimum Gasteiger partial charge on any atom is -0.480 e. The molecule has 0 aromatic carbocycles. The van der Waals surface area contributed by atoms with E-state index in [1.54, 1.807) is 0 Å². The topological polar surface area (TPSA) is 69.6 Å². The third kappa shape index (κ3) is 4.34. The zero-order chi connectivity index (χ0) is 13.1. The molecule has 5 nitrogen and oxygen atoms in total. The number of amides is 1. The number of aliphatic carboxylic acids is 1. The molecule has 0 aliphatic carbocycles. The van der Waals surface area contributed by atoms with Gasteiger partial charge in [0.1, 0.15) is 5.54 Å². The molecule has 17 heavy (non-hydrogen) atoms. The molecule has 98 valence electrons. The number of carbonyl (C=O) groups excluding carboxylic acids is 1. The molecule has 1 rings (SSSR count). The van der Waals surface area contributed by atoms with Crippen molar-refractivity contribution in [1.82, 2.24) is 10.2 Å². The molecule has 1 aliphatic rings. The van der Waals surface area contributed by atoms with Crippen molar-refractivity contribution in [2.45, 2.75) is 38.6 Å². The normalized spacial score (nSPS) is 22.2. The van der Waals surface area contributed by atoms with Crippen molar-refractivity contribution >= 4 is 11.9 Å². The zero-order valence-electron chi connectivity index (χ0n) is 10.8. The molecule has 1 heterocycles. The van der Waals surface area contributed by atoms with Crippen LogP contribution in [0.3, 0.4) is 0 Å². The highest BCUT2D eigenvalue weighted by atomic mass is 16.4. The van der Waals surface area contributed by atoms with E-state index in [1.165, 1.54) is 13.8 Å². The van der Waals surface area contributed by atoms with E-state index in [1.807, 2.05) is 7.05 Å². The zero-order valence-corrected chi connectivity index (χ0v) is 10.8. The minimum atomic E-state index is -1.18. The van der Waals surface area contributed by atoms with Gasteiger partial charge in [0.05, 0.1) is 0 Å². The highest BCUT2D eigenvalue weighted by molar-refractivity contribution is 5.86. The standard InChI is InChI=1S/C12H22N2O3/c1-12(2,11(16)17)13-10(15)7-9-5-4-6-14(3)8-9/h9H,4-8H2,1-3H3,(H,13,15)(H,16,17). The number of carboxylic acid groups (broad SMARTS) is 1. The van der Waals surface area contributed by atoms with Crippen LogP contribution in [-0.4, -0.2) is 47.6 Å². The van der Waals surface area contributed by atoms with Crippen molar-refractivity contribution in [2.24, 2.45) is 5.92 Å². The molecule has 5 heteroatoms. The predicted molar refractivity (Wildman–Crippen MR) is 64.7 cm³/mol. The molecule has 0 radical (unpaired) electrons. The Kier molecular flexibility index (Phi) is 4.51. The molecule has 1 fully saturated rings. The second-order valence-electron chi connectivity index (χ2n) is 5.45. The van der Waals surface area contributed by atoms with Crippen LogP contribution in [-0.2, 0) is 9.59 Å². The van der Waals surface area contributed by atoms with Crippen LogP contribution in [0.1, 0.15) is 33.1 Å². The third-order valence-corrected chi connectivity index (χ3v) is 3.18. The van der Waals surface area contributed by atoms with Gasteiger partial charge in [0.2, 0.25) is 5.91 Å². The Morgan fingerprint density at radius 2 is 2.12 bits per heavy atom. The van der Waals surface area contributed by atoms with Crippen LogP contribution in [0.2, 0.25) is 0 Å². The van der Waals surface area contributed by atoms with E-state index < -0.39 is 11.5 Å². The summed E-state index contributed by atoms with van der Waals surface area (Å²) in [5, 5.41) is 11.5. The van der Waals surface area contributed by atoms with Gasteiger partial charge >= 0.3 is 5.97 Å². The van der Waals surface area contributed by atoms with Gasteiger partial charge in [0.15, 0.2) is 0 Å². The third-order valence-electron chi connectivity index (χ3n) is 3.18. The molecule has 1 aliphatic heterocycles. The van der Waals surface area contributed by atoms with E-state index in [0.717, 1.165) is 25.9 Å². The number of carboxylic acids is 1. The molecule has 0 saturated carbocycles. The lowest BCUT2D eigenvalue weighted by Crippen LogP contribution is -2.50. The van der Waals surface area contributed by atoms with Gasteiger partial charge in [-0.05, 0) is 46.2 Å². The molecule has 1 atom stereocenters. The van der Waals surface area contributed by atoms with E-state index in [9.17, 15) is 9.59 Å². The van der Waals surface area contributed by atoms with Crippen LogP contribution in [0.25, 0.3) is 0 Å². The number of likely N-dealkylation sites (tertiary alicyclic amines) is 1. The minimum absolute atomic E-state index is 0.169. The van der Waals surface area contributed by atoms with Crippen LogP contribution in [0, 0.1) is 5.92 Å². The number of carbonyl (C=O) groups is 2. The SMILES string of the molecule is CN1CCCC(CC(=O)NC(C)(C)C(=O)O)C1. The summed E-state index contributed by atoms with van der Waals surface area (Å²) in [5.41, 5.74) is -1.18. The molecule has 0 bridgehead atoms. The molecule has 1 amide bonds. The van der Waals surface area contributed by atoms with E-state index in [4.69, 9.17) is 5.11 Å². The maximum Gasteiger partial charge on any atom is 0.328 e. The summed E-state index contributed by atoms with van der Waals surface area (Å²) in [7, 11) is 2.05. The summed E-state index contributed by atoms with van der Waals surface area (Å²) in [6.07, 6.45) is 2.57. The number of hydrogen-bond donors (Lipinski definition) is 2. The first kappa shape index (κ1) is 14.0. The van der Waals surface area contributed by atoms with Crippen LogP contribution in [0.15, 0.2) is 0 Å². The quantitative estimate of drug-likeness (QED) is 0.761. The summed E-state index contributed by atoms with van der Waals surface area (Å²) >= 11 is 0. The van der Waals surface area contributed by atoms with Crippen LogP contribution < -0.4 is 5.32 Å². The van der Waals surface area contributed by atoms with Gasteiger partial charge in [-0.25, -0.2) is 4.79 Å². The average Bonchev–Trinajstić information content (AvgIpc) is 2.15.